The number of rotatable bonds is 5. The van der Waals surface area contributed by atoms with Crippen molar-refractivity contribution >= 4 is 50.6 Å². The molecule has 3 rings (SSSR count). The second-order valence-corrected chi connectivity index (χ2v) is 11.3. The topological polar surface area (TPSA) is 99.5 Å². The molecule has 0 saturated carbocycles. The highest BCUT2D eigenvalue weighted by atomic mass is 35.6. The maximum atomic E-state index is 11.7. The summed E-state index contributed by atoms with van der Waals surface area (Å²) in [4.78, 5) is 17.6. The van der Waals surface area contributed by atoms with Crippen LogP contribution in [0.1, 0.15) is 12.2 Å². The molecule has 0 atom stereocenters. The third-order valence-corrected chi connectivity index (χ3v) is 6.34. The molecule has 1 N–H and O–H groups in total. The van der Waals surface area contributed by atoms with E-state index in [0.29, 0.717) is 31.1 Å². The molecule has 2 aromatic rings. The van der Waals surface area contributed by atoms with E-state index in [1.807, 2.05) is 4.90 Å². The second-order valence-electron chi connectivity index (χ2n) is 6.98. The zero-order valence-corrected chi connectivity index (χ0v) is 19.4. The Morgan fingerprint density at radius 2 is 1.73 bits per heavy atom. The van der Waals surface area contributed by atoms with Crippen molar-refractivity contribution in [3.63, 3.8) is 0 Å². The molecule has 8 nitrogen and oxygen atoms in total. The van der Waals surface area contributed by atoms with Crippen LogP contribution in [0, 0.1) is 0 Å². The Hall–Kier alpha value is -1.23. The summed E-state index contributed by atoms with van der Waals surface area (Å²) >= 11 is 18.2. The standard InChI is InChI=1S/C18H22Cl3N5O3S/c1-30(28,29)14-5-3-13(4-6-14)15-22-16(18(19,20)21)24-17(23-15)26-8-2-7-25(9-10-26)11-12-27/h3-6,27H,2,7-12H2,1H3. The molecule has 1 aromatic heterocycles. The van der Waals surface area contributed by atoms with Gasteiger partial charge in [0.15, 0.2) is 21.5 Å². The Morgan fingerprint density at radius 1 is 1.03 bits per heavy atom. The molecule has 1 saturated heterocycles. The molecule has 164 valence electrons. The van der Waals surface area contributed by atoms with Crippen LogP contribution in [0.4, 0.5) is 5.95 Å². The van der Waals surface area contributed by atoms with E-state index in [4.69, 9.17) is 34.8 Å². The van der Waals surface area contributed by atoms with E-state index in [1.54, 1.807) is 12.1 Å². The van der Waals surface area contributed by atoms with Crippen LogP contribution in [0.25, 0.3) is 11.4 Å². The monoisotopic (exact) mass is 493 g/mol. The van der Waals surface area contributed by atoms with Crippen molar-refractivity contribution in [3.8, 4) is 11.4 Å². The number of anilines is 1. The highest BCUT2D eigenvalue weighted by Crippen LogP contribution is 2.37. The van der Waals surface area contributed by atoms with Gasteiger partial charge in [0.1, 0.15) is 0 Å². The number of hydrogen-bond acceptors (Lipinski definition) is 8. The smallest absolute Gasteiger partial charge is 0.250 e. The van der Waals surface area contributed by atoms with E-state index in [1.165, 1.54) is 12.1 Å². The molecule has 12 heteroatoms. The van der Waals surface area contributed by atoms with Crippen LogP contribution in [0.2, 0.25) is 0 Å². The van der Waals surface area contributed by atoms with Crippen molar-refractivity contribution < 1.29 is 13.5 Å². The molecule has 1 aromatic carbocycles. The van der Waals surface area contributed by atoms with Crippen molar-refractivity contribution in [2.24, 2.45) is 0 Å². The first-order valence-corrected chi connectivity index (χ1v) is 12.3. The summed E-state index contributed by atoms with van der Waals surface area (Å²) in [7, 11) is -3.32. The average Bonchev–Trinajstić information content (AvgIpc) is 2.92. The summed E-state index contributed by atoms with van der Waals surface area (Å²) in [5.74, 6) is 0.674. The Morgan fingerprint density at radius 3 is 2.33 bits per heavy atom. The quantitative estimate of drug-likeness (QED) is 0.632. The number of aromatic nitrogens is 3. The number of nitrogens with zero attached hydrogens (tertiary/aromatic N) is 5. The zero-order chi connectivity index (χ0) is 21.9. The minimum absolute atomic E-state index is 0.00356. The molecule has 0 radical (unpaired) electrons. The number of β-amino-alcohol motifs (C(OH)–C–C–N with tert-alkyl or cyclic N) is 1. The van der Waals surface area contributed by atoms with Gasteiger partial charge in [0.25, 0.3) is 0 Å². The predicted molar refractivity (Wildman–Crippen MR) is 118 cm³/mol. The normalized spacial score (nSPS) is 16.5. The van der Waals surface area contributed by atoms with Crippen molar-refractivity contribution in [1.82, 2.24) is 19.9 Å². The highest BCUT2D eigenvalue weighted by molar-refractivity contribution is 7.90. The van der Waals surface area contributed by atoms with Crippen molar-refractivity contribution in [1.29, 1.82) is 0 Å². The second kappa shape index (κ2) is 9.50. The van der Waals surface area contributed by atoms with Gasteiger partial charge >= 0.3 is 0 Å². The number of alkyl halides is 3. The van der Waals surface area contributed by atoms with Crippen LogP contribution in [0.15, 0.2) is 29.2 Å². The van der Waals surface area contributed by atoms with Crippen molar-refractivity contribution in [2.75, 3.05) is 50.5 Å². The van der Waals surface area contributed by atoms with E-state index in [9.17, 15) is 13.5 Å². The molecular weight excluding hydrogens is 473 g/mol. The molecule has 0 amide bonds. The molecule has 1 aliphatic rings. The van der Waals surface area contributed by atoms with Gasteiger partial charge < -0.3 is 10.0 Å². The fourth-order valence-electron chi connectivity index (χ4n) is 3.15. The van der Waals surface area contributed by atoms with Crippen molar-refractivity contribution in [3.05, 3.63) is 30.1 Å². The molecule has 1 aliphatic heterocycles. The van der Waals surface area contributed by atoms with Crippen LogP contribution >= 0.6 is 34.8 Å². The van der Waals surface area contributed by atoms with E-state index in [-0.39, 0.29) is 23.2 Å². The lowest BCUT2D eigenvalue weighted by Gasteiger charge is -2.23. The largest absolute Gasteiger partial charge is 0.395 e. The van der Waals surface area contributed by atoms with E-state index < -0.39 is 13.6 Å². The molecule has 0 aliphatic carbocycles. The van der Waals surface area contributed by atoms with Crippen LogP contribution in [0.5, 0.6) is 0 Å². The SMILES string of the molecule is CS(=O)(=O)c1ccc(-c2nc(N3CCCN(CCO)CC3)nc(C(Cl)(Cl)Cl)n2)cc1. The first-order valence-electron chi connectivity index (χ1n) is 9.30. The van der Waals surface area contributed by atoms with Crippen LogP contribution in [0.3, 0.4) is 0 Å². The number of aliphatic hydroxyl groups excluding tert-OH is 1. The van der Waals surface area contributed by atoms with Crippen molar-refractivity contribution in [2.45, 2.75) is 15.1 Å². The van der Waals surface area contributed by atoms with Crippen LogP contribution < -0.4 is 4.90 Å². The minimum atomic E-state index is -3.32. The van der Waals surface area contributed by atoms with Gasteiger partial charge in [-0.05, 0) is 37.2 Å². The highest BCUT2D eigenvalue weighted by Gasteiger charge is 2.30. The number of halogens is 3. The first-order chi connectivity index (χ1) is 14.1. The summed E-state index contributed by atoms with van der Waals surface area (Å²) in [5, 5.41) is 9.18. The lowest BCUT2D eigenvalue weighted by Crippen LogP contribution is -2.33. The van der Waals surface area contributed by atoms with Crippen LogP contribution in [-0.4, -0.2) is 79.0 Å². The van der Waals surface area contributed by atoms with Gasteiger partial charge in [0, 0.05) is 38.0 Å². The van der Waals surface area contributed by atoms with Gasteiger partial charge in [0.05, 0.1) is 11.5 Å². The van der Waals surface area contributed by atoms with Gasteiger partial charge in [-0.2, -0.15) is 9.97 Å². The summed E-state index contributed by atoms with van der Waals surface area (Å²) in [6.07, 6.45) is 2.01. The van der Waals surface area contributed by atoms with Gasteiger partial charge in [-0.1, -0.05) is 34.8 Å². The molecule has 0 unspecified atom stereocenters. The zero-order valence-electron chi connectivity index (χ0n) is 16.3. The summed E-state index contributed by atoms with van der Waals surface area (Å²) in [6.45, 7) is 3.68. The van der Waals surface area contributed by atoms with E-state index >= 15 is 0 Å². The average molecular weight is 495 g/mol. The molecular formula is C18H22Cl3N5O3S. The van der Waals surface area contributed by atoms with Gasteiger partial charge in [-0.3, -0.25) is 4.90 Å². The third kappa shape index (κ3) is 5.93. The fraction of sp³-hybridized carbons (Fsp3) is 0.500. The third-order valence-electron chi connectivity index (χ3n) is 4.71. The Bertz CT molecular complexity index is 984. The molecule has 2 heterocycles. The maximum absolute atomic E-state index is 11.7. The lowest BCUT2D eigenvalue weighted by atomic mass is 10.2. The Kier molecular flexibility index (Phi) is 7.42. The van der Waals surface area contributed by atoms with Gasteiger partial charge in [0.2, 0.25) is 9.74 Å². The Balaban J connectivity index is 1.97. The first kappa shape index (κ1) is 23.4. The van der Waals surface area contributed by atoms with E-state index in [0.717, 1.165) is 25.8 Å². The summed E-state index contributed by atoms with van der Waals surface area (Å²) in [6, 6.07) is 6.20. The molecule has 1 fully saturated rings. The van der Waals surface area contributed by atoms with Gasteiger partial charge in [-0.25, -0.2) is 13.4 Å². The fourth-order valence-corrected chi connectivity index (χ4v) is 4.03. The van der Waals surface area contributed by atoms with E-state index in [2.05, 4.69) is 19.9 Å². The van der Waals surface area contributed by atoms with Gasteiger partial charge in [-0.15, -0.1) is 0 Å². The summed E-state index contributed by atoms with van der Waals surface area (Å²) in [5.41, 5.74) is 0.582. The maximum Gasteiger partial charge on any atom is 0.250 e. The number of aliphatic hydroxyl groups is 1. The summed E-state index contributed by atoms with van der Waals surface area (Å²) < 4.78 is 21.6. The Labute approximate surface area is 190 Å². The lowest BCUT2D eigenvalue weighted by molar-refractivity contribution is 0.204. The molecule has 0 bridgehead atoms. The number of hydrogen-bond donors (Lipinski definition) is 1. The predicted octanol–water partition coefficient (Wildman–Crippen LogP) is 2.27. The van der Waals surface area contributed by atoms with Crippen LogP contribution in [-0.2, 0) is 13.6 Å². The molecule has 0 spiro atoms. The number of benzene rings is 1. The number of sulfone groups is 1. The molecule has 30 heavy (non-hydrogen) atoms. The minimum Gasteiger partial charge on any atom is -0.395 e.